The third kappa shape index (κ3) is 3.14. The van der Waals surface area contributed by atoms with Crippen LogP contribution >= 0.6 is 23.2 Å². The molecule has 0 radical (unpaired) electrons. The SMILES string of the molecule is CCC(C)n1nccc1NC(=O)c1ccc(Cl)c(Cl)c1. The van der Waals surface area contributed by atoms with E-state index in [-0.39, 0.29) is 11.9 Å². The number of nitrogens with zero attached hydrogens (tertiary/aromatic N) is 2. The van der Waals surface area contributed by atoms with Crippen molar-refractivity contribution in [2.24, 2.45) is 0 Å². The Kier molecular flexibility index (Phi) is 4.68. The van der Waals surface area contributed by atoms with Gasteiger partial charge in [0.05, 0.1) is 22.3 Å². The number of hydrogen-bond acceptors (Lipinski definition) is 2. The first-order valence-corrected chi connectivity index (χ1v) is 7.08. The Hall–Kier alpha value is -1.52. The molecule has 4 nitrogen and oxygen atoms in total. The number of benzene rings is 1. The zero-order chi connectivity index (χ0) is 14.7. The van der Waals surface area contributed by atoms with Gasteiger partial charge >= 0.3 is 0 Å². The Morgan fingerprint density at radius 2 is 2.10 bits per heavy atom. The van der Waals surface area contributed by atoms with Crippen LogP contribution in [0.1, 0.15) is 36.7 Å². The second kappa shape index (κ2) is 6.29. The van der Waals surface area contributed by atoms with Gasteiger partial charge in [0.2, 0.25) is 0 Å². The second-order valence-corrected chi connectivity index (χ2v) is 5.32. The molecular weight excluding hydrogens is 297 g/mol. The molecule has 1 N–H and O–H groups in total. The van der Waals surface area contributed by atoms with E-state index in [1.54, 1.807) is 35.1 Å². The summed E-state index contributed by atoms with van der Waals surface area (Å²) < 4.78 is 1.79. The number of halogens is 2. The molecular formula is C14H15Cl2N3O. The van der Waals surface area contributed by atoms with Crippen LogP contribution in [-0.2, 0) is 0 Å². The highest BCUT2D eigenvalue weighted by atomic mass is 35.5. The van der Waals surface area contributed by atoms with Crippen LogP contribution < -0.4 is 5.32 Å². The van der Waals surface area contributed by atoms with E-state index in [0.29, 0.717) is 21.4 Å². The Balaban J connectivity index is 2.19. The van der Waals surface area contributed by atoms with Gasteiger partial charge in [-0.1, -0.05) is 30.1 Å². The van der Waals surface area contributed by atoms with Crippen LogP contribution in [0.4, 0.5) is 5.82 Å². The predicted molar refractivity (Wildman–Crippen MR) is 81.6 cm³/mol. The molecule has 1 heterocycles. The van der Waals surface area contributed by atoms with Gasteiger partial charge in [0.15, 0.2) is 0 Å². The minimum absolute atomic E-state index is 0.217. The lowest BCUT2D eigenvalue weighted by Gasteiger charge is -2.14. The highest BCUT2D eigenvalue weighted by molar-refractivity contribution is 6.42. The van der Waals surface area contributed by atoms with Crippen molar-refractivity contribution in [2.45, 2.75) is 26.3 Å². The van der Waals surface area contributed by atoms with E-state index in [0.717, 1.165) is 6.42 Å². The van der Waals surface area contributed by atoms with Gasteiger partial charge in [0, 0.05) is 11.6 Å². The molecule has 0 fully saturated rings. The second-order valence-electron chi connectivity index (χ2n) is 4.50. The van der Waals surface area contributed by atoms with Gasteiger partial charge < -0.3 is 5.32 Å². The fourth-order valence-corrected chi connectivity index (χ4v) is 2.06. The Labute approximate surface area is 127 Å². The molecule has 0 aliphatic heterocycles. The zero-order valence-electron chi connectivity index (χ0n) is 11.2. The zero-order valence-corrected chi connectivity index (χ0v) is 12.7. The summed E-state index contributed by atoms with van der Waals surface area (Å²) in [6.07, 6.45) is 2.59. The maximum absolute atomic E-state index is 12.2. The van der Waals surface area contributed by atoms with Crippen molar-refractivity contribution in [3.8, 4) is 0 Å². The molecule has 106 valence electrons. The quantitative estimate of drug-likeness (QED) is 0.909. The van der Waals surface area contributed by atoms with Crippen molar-refractivity contribution < 1.29 is 4.79 Å². The fourth-order valence-electron chi connectivity index (χ4n) is 1.76. The van der Waals surface area contributed by atoms with Gasteiger partial charge in [-0.25, -0.2) is 4.68 Å². The number of carbonyl (C=O) groups excluding carboxylic acids is 1. The molecule has 0 spiro atoms. The van der Waals surface area contributed by atoms with Crippen LogP contribution in [-0.4, -0.2) is 15.7 Å². The Morgan fingerprint density at radius 1 is 1.35 bits per heavy atom. The molecule has 0 bridgehead atoms. The minimum Gasteiger partial charge on any atom is -0.307 e. The molecule has 0 saturated carbocycles. The van der Waals surface area contributed by atoms with E-state index in [4.69, 9.17) is 23.2 Å². The van der Waals surface area contributed by atoms with E-state index >= 15 is 0 Å². The van der Waals surface area contributed by atoms with E-state index in [9.17, 15) is 4.79 Å². The van der Waals surface area contributed by atoms with Gasteiger partial charge in [-0.05, 0) is 31.5 Å². The van der Waals surface area contributed by atoms with Crippen molar-refractivity contribution in [2.75, 3.05) is 5.32 Å². The summed E-state index contributed by atoms with van der Waals surface area (Å²) in [7, 11) is 0. The smallest absolute Gasteiger partial charge is 0.256 e. The molecule has 2 rings (SSSR count). The summed E-state index contributed by atoms with van der Waals surface area (Å²) in [6, 6.07) is 6.76. The Morgan fingerprint density at radius 3 is 2.75 bits per heavy atom. The summed E-state index contributed by atoms with van der Waals surface area (Å²) in [5.74, 6) is 0.420. The number of hydrogen-bond donors (Lipinski definition) is 1. The Bertz CT molecular complexity index is 625. The number of carbonyl (C=O) groups is 1. The first-order chi connectivity index (χ1) is 9.52. The molecule has 2 aromatic rings. The summed E-state index contributed by atoms with van der Waals surface area (Å²) in [6.45, 7) is 4.11. The lowest BCUT2D eigenvalue weighted by atomic mass is 10.2. The summed E-state index contributed by atoms with van der Waals surface area (Å²) >= 11 is 11.8. The van der Waals surface area contributed by atoms with Gasteiger partial charge in [0.1, 0.15) is 5.82 Å². The van der Waals surface area contributed by atoms with Gasteiger partial charge in [-0.15, -0.1) is 0 Å². The molecule has 20 heavy (non-hydrogen) atoms. The third-order valence-electron chi connectivity index (χ3n) is 3.10. The van der Waals surface area contributed by atoms with Crippen molar-refractivity contribution >= 4 is 34.9 Å². The van der Waals surface area contributed by atoms with Gasteiger partial charge in [0.25, 0.3) is 5.91 Å². The van der Waals surface area contributed by atoms with Crippen molar-refractivity contribution in [3.63, 3.8) is 0 Å². The molecule has 1 aromatic carbocycles. The lowest BCUT2D eigenvalue weighted by molar-refractivity contribution is 0.102. The van der Waals surface area contributed by atoms with Crippen LogP contribution in [0.2, 0.25) is 10.0 Å². The molecule has 1 amide bonds. The number of nitrogens with one attached hydrogen (secondary N) is 1. The summed E-state index contributed by atoms with van der Waals surface area (Å²) in [5, 5.41) is 7.83. The highest BCUT2D eigenvalue weighted by Crippen LogP contribution is 2.23. The number of anilines is 1. The number of aromatic nitrogens is 2. The first-order valence-electron chi connectivity index (χ1n) is 6.32. The molecule has 0 aliphatic rings. The number of rotatable bonds is 4. The standard InChI is InChI=1S/C14H15Cl2N3O/c1-3-9(2)19-13(6-7-17-19)18-14(20)10-4-5-11(15)12(16)8-10/h4-9H,3H2,1-2H3,(H,18,20). The molecule has 1 atom stereocenters. The van der Waals surface area contributed by atoms with E-state index in [2.05, 4.69) is 17.3 Å². The van der Waals surface area contributed by atoms with Crippen LogP contribution in [0.5, 0.6) is 0 Å². The van der Waals surface area contributed by atoms with Crippen LogP contribution in [0.3, 0.4) is 0 Å². The molecule has 0 saturated heterocycles. The monoisotopic (exact) mass is 311 g/mol. The largest absolute Gasteiger partial charge is 0.307 e. The van der Waals surface area contributed by atoms with Crippen molar-refractivity contribution in [3.05, 3.63) is 46.1 Å². The molecule has 6 heteroatoms. The average Bonchev–Trinajstić information content (AvgIpc) is 2.89. The number of amides is 1. The topological polar surface area (TPSA) is 46.9 Å². The summed E-state index contributed by atoms with van der Waals surface area (Å²) in [5.41, 5.74) is 0.455. The van der Waals surface area contributed by atoms with Gasteiger partial charge in [-0.2, -0.15) is 5.10 Å². The maximum atomic E-state index is 12.2. The minimum atomic E-state index is -0.242. The van der Waals surface area contributed by atoms with Crippen molar-refractivity contribution in [1.29, 1.82) is 0 Å². The van der Waals surface area contributed by atoms with Crippen LogP contribution in [0.15, 0.2) is 30.5 Å². The van der Waals surface area contributed by atoms with Crippen LogP contribution in [0, 0.1) is 0 Å². The van der Waals surface area contributed by atoms with Crippen molar-refractivity contribution in [1.82, 2.24) is 9.78 Å². The fraction of sp³-hybridized carbons (Fsp3) is 0.286. The summed E-state index contributed by atoms with van der Waals surface area (Å²) in [4.78, 5) is 12.2. The van der Waals surface area contributed by atoms with E-state index < -0.39 is 0 Å². The maximum Gasteiger partial charge on any atom is 0.256 e. The van der Waals surface area contributed by atoms with E-state index in [1.165, 1.54) is 0 Å². The normalized spacial score (nSPS) is 12.2. The first kappa shape index (κ1) is 14.9. The van der Waals surface area contributed by atoms with E-state index in [1.807, 2.05) is 6.92 Å². The van der Waals surface area contributed by atoms with Gasteiger partial charge in [-0.3, -0.25) is 4.79 Å². The molecule has 1 aromatic heterocycles. The highest BCUT2D eigenvalue weighted by Gasteiger charge is 2.13. The predicted octanol–water partition coefficient (Wildman–Crippen LogP) is 4.41. The average molecular weight is 312 g/mol. The molecule has 0 aliphatic carbocycles. The van der Waals surface area contributed by atoms with Crippen LogP contribution in [0.25, 0.3) is 0 Å². The lowest BCUT2D eigenvalue weighted by Crippen LogP contribution is -2.17. The third-order valence-corrected chi connectivity index (χ3v) is 3.84. The molecule has 1 unspecified atom stereocenters.